The lowest BCUT2D eigenvalue weighted by Gasteiger charge is -2.42. The van der Waals surface area contributed by atoms with E-state index in [1.165, 1.54) is 24.3 Å². The minimum Gasteiger partial charge on any atom is -0.352 e. The van der Waals surface area contributed by atoms with Crippen molar-refractivity contribution in [3.8, 4) is 0 Å². The summed E-state index contributed by atoms with van der Waals surface area (Å²) >= 11 is 3.28. The molecule has 0 aromatic heterocycles. The average Bonchev–Trinajstić information content (AvgIpc) is 2.54. The minimum atomic E-state index is -4.70. The zero-order chi connectivity index (χ0) is 17.4. The smallest absolute Gasteiger partial charge is 0.352 e. The van der Waals surface area contributed by atoms with Crippen LogP contribution in [0.2, 0.25) is 0 Å². The topological polar surface area (TPSA) is 26.3 Å². The van der Waals surface area contributed by atoms with Crippen molar-refractivity contribution in [1.29, 1.82) is 0 Å². The molecule has 0 unspecified atom stereocenters. The second-order valence-corrected chi connectivity index (χ2v) is 6.68. The van der Waals surface area contributed by atoms with Crippen molar-refractivity contribution >= 4 is 21.7 Å². The van der Waals surface area contributed by atoms with Crippen molar-refractivity contribution in [3.63, 3.8) is 0 Å². The fourth-order valence-electron chi connectivity index (χ4n) is 2.95. The number of rotatable bonds is 2. The molecule has 24 heavy (non-hydrogen) atoms. The van der Waals surface area contributed by atoms with Crippen molar-refractivity contribution < 1.29 is 22.7 Å². The summed E-state index contributed by atoms with van der Waals surface area (Å²) < 4.78 is 48.1. The van der Waals surface area contributed by atoms with Gasteiger partial charge in [-0.1, -0.05) is 58.4 Å². The van der Waals surface area contributed by atoms with Crippen LogP contribution in [0.4, 0.5) is 13.2 Å². The average molecular weight is 399 g/mol. The third kappa shape index (κ3) is 3.13. The van der Waals surface area contributed by atoms with E-state index in [2.05, 4.69) is 15.9 Å². The van der Waals surface area contributed by atoms with Gasteiger partial charge >= 0.3 is 6.18 Å². The van der Waals surface area contributed by atoms with E-state index in [1.807, 2.05) is 0 Å². The van der Waals surface area contributed by atoms with Gasteiger partial charge in [0, 0.05) is 17.3 Å². The molecule has 1 saturated heterocycles. The molecular formula is C18H14BrF3O2. The maximum absolute atomic E-state index is 13.9. The summed E-state index contributed by atoms with van der Waals surface area (Å²) in [5.41, 5.74) is -2.11. The maximum Gasteiger partial charge on any atom is 0.422 e. The molecular weight excluding hydrogens is 385 g/mol. The Morgan fingerprint density at radius 1 is 1.04 bits per heavy atom. The first-order valence-corrected chi connectivity index (χ1v) is 8.18. The summed E-state index contributed by atoms with van der Waals surface area (Å²) in [6, 6.07) is 14.1. The first-order valence-electron chi connectivity index (χ1n) is 7.39. The first kappa shape index (κ1) is 17.2. The Kier molecular flexibility index (Phi) is 4.53. The van der Waals surface area contributed by atoms with Crippen molar-refractivity contribution in [3.05, 3.63) is 70.2 Å². The van der Waals surface area contributed by atoms with E-state index in [1.54, 1.807) is 30.3 Å². The molecule has 2 nitrogen and oxygen atoms in total. The molecule has 0 saturated carbocycles. The predicted octanol–water partition coefficient (Wildman–Crippen LogP) is 5.33. The third-order valence-electron chi connectivity index (χ3n) is 4.14. The van der Waals surface area contributed by atoms with Crippen LogP contribution >= 0.6 is 15.9 Å². The third-order valence-corrected chi connectivity index (χ3v) is 4.67. The molecule has 2 atom stereocenters. The Morgan fingerprint density at radius 2 is 1.67 bits per heavy atom. The Balaban J connectivity index is 2.06. The molecule has 0 aliphatic carbocycles. The molecule has 0 amide bonds. The van der Waals surface area contributed by atoms with Gasteiger partial charge in [-0.05, 0) is 23.3 Å². The molecule has 0 bridgehead atoms. The van der Waals surface area contributed by atoms with Gasteiger partial charge in [0.05, 0.1) is 6.10 Å². The van der Waals surface area contributed by atoms with Gasteiger partial charge in [-0.15, -0.1) is 0 Å². The van der Waals surface area contributed by atoms with Gasteiger partial charge in [0.15, 0.2) is 5.60 Å². The van der Waals surface area contributed by atoms with Crippen LogP contribution in [0.15, 0.2) is 59.1 Å². The van der Waals surface area contributed by atoms with E-state index in [0.717, 1.165) is 4.47 Å². The summed E-state index contributed by atoms with van der Waals surface area (Å²) in [6.07, 6.45) is -6.39. The number of carbonyl (C=O) groups excluding carboxylic acids is 1. The predicted molar refractivity (Wildman–Crippen MR) is 86.4 cm³/mol. The van der Waals surface area contributed by atoms with Crippen LogP contribution in [-0.2, 0) is 15.1 Å². The first-order chi connectivity index (χ1) is 11.3. The fraction of sp³-hybridized carbons (Fsp3) is 0.278. The monoisotopic (exact) mass is 398 g/mol. The van der Waals surface area contributed by atoms with Crippen LogP contribution in [-0.4, -0.2) is 12.0 Å². The van der Waals surface area contributed by atoms with Gasteiger partial charge in [0.2, 0.25) is 0 Å². The quantitative estimate of drug-likeness (QED) is 0.683. The van der Waals surface area contributed by atoms with Gasteiger partial charge in [-0.2, -0.15) is 13.2 Å². The van der Waals surface area contributed by atoms with E-state index < -0.39 is 30.1 Å². The van der Waals surface area contributed by atoms with Gasteiger partial charge in [0.1, 0.15) is 5.78 Å². The standard InChI is InChI=1S/C18H14BrF3O2/c19-14-8-6-12(7-9-14)16-10-15(23)11-17(24-16,18(20,21)22)13-4-2-1-3-5-13/h1-9,16H,10-11H2/t16-,17+/m0/s1. The van der Waals surface area contributed by atoms with E-state index in [9.17, 15) is 18.0 Å². The lowest BCUT2D eigenvalue weighted by Crippen LogP contribution is -2.50. The van der Waals surface area contributed by atoms with Crippen LogP contribution in [0, 0.1) is 0 Å². The largest absolute Gasteiger partial charge is 0.422 e. The highest BCUT2D eigenvalue weighted by atomic mass is 79.9. The summed E-state index contributed by atoms with van der Waals surface area (Å²) in [5.74, 6) is -0.463. The van der Waals surface area contributed by atoms with Crippen molar-refractivity contribution in [2.75, 3.05) is 0 Å². The van der Waals surface area contributed by atoms with Crippen molar-refractivity contribution in [2.45, 2.75) is 30.7 Å². The lowest BCUT2D eigenvalue weighted by atomic mass is 9.82. The van der Waals surface area contributed by atoms with Gasteiger partial charge in [-0.25, -0.2) is 0 Å². The van der Waals surface area contributed by atoms with Crippen molar-refractivity contribution in [2.24, 2.45) is 0 Å². The molecule has 3 rings (SSSR count). The highest BCUT2D eigenvalue weighted by Gasteiger charge is 2.61. The Hall–Kier alpha value is -1.66. The molecule has 1 heterocycles. The van der Waals surface area contributed by atoms with Gasteiger partial charge in [-0.3, -0.25) is 4.79 Å². The molecule has 0 spiro atoms. The van der Waals surface area contributed by atoms with E-state index in [0.29, 0.717) is 5.56 Å². The normalized spacial score (nSPS) is 24.8. The van der Waals surface area contributed by atoms with Crippen LogP contribution in [0.5, 0.6) is 0 Å². The molecule has 0 N–H and O–H groups in total. The Bertz CT molecular complexity index is 728. The van der Waals surface area contributed by atoms with Gasteiger partial charge < -0.3 is 4.74 Å². The number of Topliss-reactive ketones (excluding diaryl/α,β-unsaturated/α-hetero) is 1. The van der Waals surface area contributed by atoms with E-state index in [-0.39, 0.29) is 12.0 Å². The number of ketones is 1. The number of halogens is 4. The number of hydrogen-bond donors (Lipinski definition) is 0. The summed E-state index contributed by atoms with van der Waals surface area (Å²) in [5, 5.41) is 0. The maximum atomic E-state index is 13.9. The summed E-state index contributed by atoms with van der Waals surface area (Å²) in [4.78, 5) is 12.2. The fourth-order valence-corrected chi connectivity index (χ4v) is 3.22. The number of hydrogen-bond acceptors (Lipinski definition) is 2. The van der Waals surface area contributed by atoms with Crippen molar-refractivity contribution in [1.82, 2.24) is 0 Å². The summed E-state index contributed by atoms with van der Waals surface area (Å²) in [7, 11) is 0. The number of ether oxygens (including phenoxy) is 1. The molecule has 1 fully saturated rings. The lowest BCUT2D eigenvalue weighted by molar-refractivity contribution is -0.307. The molecule has 1 aliphatic heterocycles. The zero-order valence-corrected chi connectivity index (χ0v) is 14.1. The van der Waals surface area contributed by atoms with E-state index in [4.69, 9.17) is 4.74 Å². The molecule has 6 heteroatoms. The SMILES string of the molecule is O=C1C[C@@H](c2ccc(Br)cc2)O[C@](c2ccccc2)(C(F)(F)F)C1. The zero-order valence-electron chi connectivity index (χ0n) is 12.5. The van der Waals surface area contributed by atoms with Crippen LogP contribution in [0.25, 0.3) is 0 Å². The van der Waals surface area contributed by atoms with Crippen LogP contribution in [0.3, 0.4) is 0 Å². The number of carbonyl (C=O) groups is 1. The molecule has 2 aromatic carbocycles. The second-order valence-electron chi connectivity index (χ2n) is 5.77. The van der Waals surface area contributed by atoms with Gasteiger partial charge in [0.25, 0.3) is 0 Å². The number of alkyl halides is 3. The van der Waals surface area contributed by atoms with Crippen LogP contribution in [0.1, 0.15) is 30.1 Å². The number of benzene rings is 2. The summed E-state index contributed by atoms with van der Waals surface area (Å²) in [6.45, 7) is 0. The molecule has 0 radical (unpaired) electrons. The van der Waals surface area contributed by atoms with Crippen LogP contribution < -0.4 is 0 Å². The highest BCUT2D eigenvalue weighted by Crippen LogP contribution is 2.51. The molecule has 126 valence electrons. The van der Waals surface area contributed by atoms with E-state index >= 15 is 0 Å². The second kappa shape index (κ2) is 6.33. The Labute approximate surface area is 145 Å². The highest BCUT2D eigenvalue weighted by molar-refractivity contribution is 9.10. The molecule has 1 aliphatic rings. The Morgan fingerprint density at radius 3 is 2.25 bits per heavy atom. The minimum absolute atomic E-state index is 0.0485. The molecule has 2 aromatic rings.